The van der Waals surface area contributed by atoms with E-state index in [-0.39, 0.29) is 5.91 Å². The van der Waals surface area contributed by atoms with Crippen molar-refractivity contribution in [3.8, 4) is 5.75 Å². The third-order valence-corrected chi connectivity index (χ3v) is 5.63. The molecule has 0 aliphatic rings. The van der Waals surface area contributed by atoms with Crippen LogP contribution in [0.5, 0.6) is 5.75 Å². The van der Waals surface area contributed by atoms with Crippen LogP contribution in [0.1, 0.15) is 35.1 Å². The summed E-state index contributed by atoms with van der Waals surface area (Å²) in [5.74, 6) is 1.55. The van der Waals surface area contributed by atoms with Gasteiger partial charge in [0.15, 0.2) is 0 Å². The molecule has 32 heavy (non-hydrogen) atoms. The van der Waals surface area contributed by atoms with E-state index in [9.17, 15) is 4.79 Å². The van der Waals surface area contributed by atoms with E-state index in [2.05, 4.69) is 35.0 Å². The highest BCUT2D eigenvalue weighted by molar-refractivity contribution is 6.30. The lowest BCUT2D eigenvalue weighted by atomic mass is 10.2. The van der Waals surface area contributed by atoms with Crippen molar-refractivity contribution in [2.24, 2.45) is 0 Å². The second-order valence-electron chi connectivity index (χ2n) is 7.56. The summed E-state index contributed by atoms with van der Waals surface area (Å²) < 4.78 is 8.06. The van der Waals surface area contributed by atoms with Crippen LogP contribution in [0.15, 0.2) is 72.8 Å². The minimum atomic E-state index is -0.154. The Balaban J connectivity index is 1.40. The SMILES string of the molecule is CCc1ccc(OCCCn2c(CNC(=O)c3ccc(Cl)cc3)nc3ccccc32)cc1. The number of imidazole rings is 1. The molecule has 1 N–H and O–H groups in total. The molecule has 4 rings (SSSR count). The van der Waals surface area contributed by atoms with Gasteiger partial charge in [-0.15, -0.1) is 0 Å². The zero-order valence-corrected chi connectivity index (χ0v) is 18.8. The van der Waals surface area contributed by atoms with Crippen molar-refractivity contribution in [3.05, 3.63) is 94.8 Å². The lowest BCUT2D eigenvalue weighted by molar-refractivity contribution is 0.0949. The standard InChI is InChI=1S/C26H26ClN3O2/c1-2-19-8-14-22(15-9-19)32-17-5-16-30-24-7-4-3-6-23(24)29-25(30)18-28-26(31)20-10-12-21(27)13-11-20/h3-4,6-15H,2,5,16-18H2,1H3,(H,28,31). The summed E-state index contributed by atoms with van der Waals surface area (Å²) in [5, 5.41) is 3.57. The fourth-order valence-electron chi connectivity index (χ4n) is 3.61. The molecule has 0 bridgehead atoms. The molecular formula is C26H26ClN3O2. The quantitative estimate of drug-likeness (QED) is 0.337. The summed E-state index contributed by atoms with van der Waals surface area (Å²) in [6.45, 7) is 3.84. The fourth-order valence-corrected chi connectivity index (χ4v) is 3.73. The minimum absolute atomic E-state index is 0.154. The number of hydrogen-bond donors (Lipinski definition) is 1. The third-order valence-electron chi connectivity index (χ3n) is 5.37. The highest BCUT2D eigenvalue weighted by Crippen LogP contribution is 2.18. The Morgan fingerprint density at radius 2 is 1.78 bits per heavy atom. The molecule has 5 nitrogen and oxygen atoms in total. The van der Waals surface area contributed by atoms with Gasteiger partial charge in [0, 0.05) is 17.1 Å². The maximum absolute atomic E-state index is 12.5. The molecule has 0 saturated carbocycles. The summed E-state index contributed by atoms with van der Waals surface area (Å²) in [7, 11) is 0. The van der Waals surface area contributed by atoms with Crippen molar-refractivity contribution >= 4 is 28.5 Å². The van der Waals surface area contributed by atoms with Gasteiger partial charge in [-0.25, -0.2) is 4.98 Å². The lowest BCUT2D eigenvalue weighted by Gasteiger charge is -2.11. The smallest absolute Gasteiger partial charge is 0.251 e. The Hall–Kier alpha value is -3.31. The largest absolute Gasteiger partial charge is 0.494 e. The number of carbonyl (C=O) groups excluding carboxylic acids is 1. The van der Waals surface area contributed by atoms with Crippen LogP contribution in [0.4, 0.5) is 0 Å². The maximum Gasteiger partial charge on any atom is 0.251 e. The monoisotopic (exact) mass is 447 g/mol. The average Bonchev–Trinajstić information content (AvgIpc) is 3.18. The first kappa shape index (κ1) is 21.9. The van der Waals surface area contributed by atoms with E-state index >= 15 is 0 Å². The predicted molar refractivity (Wildman–Crippen MR) is 128 cm³/mol. The number of hydrogen-bond acceptors (Lipinski definition) is 3. The molecule has 0 spiro atoms. The second kappa shape index (κ2) is 10.3. The number of nitrogens with one attached hydrogen (secondary N) is 1. The predicted octanol–water partition coefficient (Wildman–Crippen LogP) is 5.65. The van der Waals surface area contributed by atoms with E-state index in [0.29, 0.717) is 23.7 Å². The van der Waals surface area contributed by atoms with E-state index in [1.54, 1.807) is 24.3 Å². The summed E-state index contributed by atoms with van der Waals surface area (Å²) in [6.07, 6.45) is 1.85. The molecule has 0 aliphatic heterocycles. The number of para-hydroxylation sites is 2. The van der Waals surface area contributed by atoms with Gasteiger partial charge >= 0.3 is 0 Å². The Morgan fingerprint density at radius 1 is 1.03 bits per heavy atom. The highest BCUT2D eigenvalue weighted by atomic mass is 35.5. The number of benzene rings is 3. The van der Waals surface area contributed by atoms with Gasteiger partial charge in [-0.2, -0.15) is 0 Å². The van der Waals surface area contributed by atoms with Crippen molar-refractivity contribution in [3.63, 3.8) is 0 Å². The highest BCUT2D eigenvalue weighted by Gasteiger charge is 2.12. The molecule has 4 aromatic rings. The van der Waals surface area contributed by atoms with Gasteiger partial charge in [0.2, 0.25) is 0 Å². The van der Waals surface area contributed by atoms with Crippen LogP contribution in [-0.4, -0.2) is 22.1 Å². The number of amides is 1. The van der Waals surface area contributed by atoms with Crippen molar-refractivity contribution < 1.29 is 9.53 Å². The van der Waals surface area contributed by atoms with Crippen LogP contribution in [0, 0.1) is 0 Å². The molecule has 164 valence electrons. The van der Waals surface area contributed by atoms with Gasteiger partial charge < -0.3 is 14.6 Å². The zero-order chi connectivity index (χ0) is 22.3. The van der Waals surface area contributed by atoms with E-state index in [1.807, 2.05) is 30.3 Å². The van der Waals surface area contributed by atoms with Crippen molar-refractivity contribution in [1.82, 2.24) is 14.9 Å². The van der Waals surface area contributed by atoms with Crippen LogP contribution in [0.3, 0.4) is 0 Å². The molecule has 0 atom stereocenters. The summed E-state index contributed by atoms with van der Waals surface area (Å²) in [6, 6.07) is 23.1. The van der Waals surface area contributed by atoms with Crippen molar-refractivity contribution in [1.29, 1.82) is 0 Å². The Kier molecular flexibility index (Phi) is 7.07. The molecule has 0 saturated heterocycles. The van der Waals surface area contributed by atoms with Gasteiger partial charge in [-0.05, 0) is 66.9 Å². The van der Waals surface area contributed by atoms with Gasteiger partial charge in [0.1, 0.15) is 11.6 Å². The lowest BCUT2D eigenvalue weighted by Crippen LogP contribution is -2.25. The number of fused-ring (bicyclic) bond motifs is 1. The van der Waals surface area contributed by atoms with Crippen LogP contribution in [0.25, 0.3) is 11.0 Å². The molecule has 0 fully saturated rings. The first-order chi connectivity index (χ1) is 15.6. The van der Waals surface area contributed by atoms with Crippen LogP contribution >= 0.6 is 11.6 Å². The zero-order valence-electron chi connectivity index (χ0n) is 18.1. The van der Waals surface area contributed by atoms with Gasteiger partial charge in [0.25, 0.3) is 5.91 Å². The van der Waals surface area contributed by atoms with Gasteiger partial charge in [-0.3, -0.25) is 4.79 Å². The number of aromatic nitrogens is 2. The molecule has 1 heterocycles. The summed E-state index contributed by atoms with van der Waals surface area (Å²) in [5.41, 5.74) is 3.84. The summed E-state index contributed by atoms with van der Waals surface area (Å²) in [4.78, 5) is 17.2. The van der Waals surface area contributed by atoms with Crippen LogP contribution in [-0.2, 0) is 19.5 Å². The van der Waals surface area contributed by atoms with Crippen molar-refractivity contribution in [2.75, 3.05) is 6.61 Å². The molecule has 3 aromatic carbocycles. The number of nitrogens with zero attached hydrogens (tertiary/aromatic N) is 2. The van der Waals surface area contributed by atoms with E-state index in [0.717, 1.165) is 42.0 Å². The Labute approximate surface area is 193 Å². The maximum atomic E-state index is 12.5. The van der Waals surface area contributed by atoms with E-state index in [4.69, 9.17) is 21.3 Å². The molecule has 0 radical (unpaired) electrons. The van der Waals surface area contributed by atoms with Crippen LogP contribution in [0.2, 0.25) is 5.02 Å². The average molecular weight is 448 g/mol. The molecule has 0 aliphatic carbocycles. The van der Waals surface area contributed by atoms with E-state index < -0.39 is 0 Å². The molecule has 1 amide bonds. The topological polar surface area (TPSA) is 56.1 Å². The summed E-state index contributed by atoms with van der Waals surface area (Å²) >= 11 is 5.91. The Bertz CT molecular complexity index is 1180. The number of rotatable bonds is 9. The molecule has 1 aromatic heterocycles. The third kappa shape index (κ3) is 5.29. The van der Waals surface area contributed by atoms with E-state index in [1.165, 1.54) is 5.56 Å². The first-order valence-electron chi connectivity index (χ1n) is 10.8. The normalized spacial score (nSPS) is 10.9. The second-order valence-corrected chi connectivity index (χ2v) is 7.99. The van der Waals surface area contributed by atoms with Gasteiger partial charge in [0.05, 0.1) is 24.2 Å². The number of halogens is 1. The fraction of sp³-hybridized carbons (Fsp3) is 0.231. The van der Waals surface area contributed by atoms with Crippen molar-refractivity contribution in [2.45, 2.75) is 32.9 Å². The minimum Gasteiger partial charge on any atom is -0.494 e. The molecule has 6 heteroatoms. The van der Waals surface area contributed by atoms with Crippen LogP contribution < -0.4 is 10.1 Å². The number of ether oxygens (including phenoxy) is 1. The first-order valence-corrected chi connectivity index (χ1v) is 11.2. The number of aryl methyl sites for hydroxylation is 2. The van der Waals surface area contributed by atoms with Gasteiger partial charge in [-0.1, -0.05) is 42.8 Å². The molecule has 0 unspecified atom stereocenters. The number of carbonyl (C=O) groups is 1. The molecular weight excluding hydrogens is 422 g/mol. The Morgan fingerprint density at radius 3 is 2.53 bits per heavy atom.